The Morgan fingerprint density at radius 2 is 1.82 bits per heavy atom. The minimum Gasteiger partial charge on any atom is -0.494 e. The van der Waals surface area contributed by atoms with Crippen molar-refractivity contribution >= 4 is 27.4 Å². The van der Waals surface area contributed by atoms with Crippen LogP contribution >= 0.6 is 0 Å². The highest BCUT2D eigenvalue weighted by Crippen LogP contribution is 2.20. The van der Waals surface area contributed by atoms with Crippen molar-refractivity contribution in [2.45, 2.75) is 11.8 Å². The molecule has 0 bridgehead atoms. The predicted molar refractivity (Wildman–Crippen MR) is 107 cm³/mol. The van der Waals surface area contributed by atoms with Gasteiger partial charge in [-0.1, -0.05) is 12.1 Å². The zero-order valence-electron chi connectivity index (χ0n) is 15.1. The van der Waals surface area contributed by atoms with Crippen LogP contribution in [0.2, 0.25) is 0 Å². The number of hydrogen-bond acceptors (Lipinski definition) is 5. The number of hydrogen-bond donors (Lipinski definition) is 2. The van der Waals surface area contributed by atoms with Gasteiger partial charge >= 0.3 is 0 Å². The minimum atomic E-state index is -3.85. The largest absolute Gasteiger partial charge is 0.494 e. The summed E-state index contributed by atoms with van der Waals surface area (Å²) in [7, 11) is -3.85. The van der Waals surface area contributed by atoms with Crippen molar-refractivity contribution in [3.63, 3.8) is 0 Å². The van der Waals surface area contributed by atoms with Crippen molar-refractivity contribution in [2.24, 2.45) is 0 Å². The van der Waals surface area contributed by atoms with E-state index in [0.29, 0.717) is 23.9 Å². The first-order chi connectivity index (χ1) is 13.5. The normalized spacial score (nSPS) is 10.9. The minimum absolute atomic E-state index is 0.0185. The van der Waals surface area contributed by atoms with E-state index >= 15 is 0 Å². The van der Waals surface area contributed by atoms with Gasteiger partial charge in [0, 0.05) is 17.4 Å². The lowest BCUT2D eigenvalue weighted by Crippen LogP contribution is -2.16. The summed E-state index contributed by atoms with van der Waals surface area (Å²) in [5.41, 5.74) is 0.604. The van der Waals surface area contributed by atoms with E-state index in [4.69, 9.17) is 4.74 Å². The molecule has 3 rings (SSSR count). The first-order valence-corrected chi connectivity index (χ1v) is 10.0. The third-order valence-electron chi connectivity index (χ3n) is 3.73. The molecule has 1 amide bonds. The van der Waals surface area contributed by atoms with E-state index in [2.05, 4.69) is 15.0 Å². The van der Waals surface area contributed by atoms with Crippen LogP contribution in [0, 0.1) is 0 Å². The van der Waals surface area contributed by atoms with Gasteiger partial charge in [-0.15, -0.1) is 0 Å². The molecule has 0 aliphatic rings. The SMILES string of the molecule is CCOc1ccc(NS(=O)(=O)c2cccc(C(=O)Nc3ccccn3)c2)cc1. The molecule has 0 aliphatic carbocycles. The number of rotatable bonds is 7. The van der Waals surface area contributed by atoms with Crippen molar-refractivity contribution in [2.75, 3.05) is 16.6 Å². The van der Waals surface area contributed by atoms with Crippen LogP contribution in [0.5, 0.6) is 5.75 Å². The molecule has 0 spiro atoms. The Labute approximate surface area is 163 Å². The zero-order chi connectivity index (χ0) is 20.0. The molecule has 8 heteroatoms. The van der Waals surface area contributed by atoms with Gasteiger partial charge in [0.25, 0.3) is 15.9 Å². The Balaban J connectivity index is 1.77. The van der Waals surface area contributed by atoms with E-state index < -0.39 is 15.9 Å². The molecular weight excluding hydrogens is 378 g/mol. The summed E-state index contributed by atoms with van der Waals surface area (Å²) in [6, 6.07) is 17.5. The smallest absolute Gasteiger partial charge is 0.261 e. The Bertz CT molecular complexity index is 1050. The Kier molecular flexibility index (Phi) is 5.90. The molecule has 3 aromatic rings. The van der Waals surface area contributed by atoms with Gasteiger partial charge in [-0.2, -0.15) is 0 Å². The van der Waals surface area contributed by atoms with E-state index in [1.165, 1.54) is 24.3 Å². The molecule has 0 aliphatic heterocycles. The van der Waals surface area contributed by atoms with Crippen molar-refractivity contribution < 1.29 is 17.9 Å². The Morgan fingerprint density at radius 3 is 2.50 bits per heavy atom. The fourth-order valence-corrected chi connectivity index (χ4v) is 3.53. The van der Waals surface area contributed by atoms with Gasteiger partial charge in [0.2, 0.25) is 0 Å². The molecular formula is C20H19N3O4S. The van der Waals surface area contributed by atoms with E-state index in [0.717, 1.165) is 0 Å². The van der Waals surface area contributed by atoms with Crippen molar-refractivity contribution in [1.82, 2.24) is 4.98 Å². The fraction of sp³-hybridized carbons (Fsp3) is 0.100. The topological polar surface area (TPSA) is 97.4 Å². The fourth-order valence-electron chi connectivity index (χ4n) is 2.43. The van der Waals surface area contributed by atoms with E-state index in [1.54, 1.807) is 48.7 Å². The van der Waals surface area contributed by atoms with Crippen LogP contribution in [0.25, 0.3) is 0 Å². The lowest BCUT2D eigenvalue weighted by Gasteiger charge is -2.10. The number of carbonyl (C=O) groups is 1. The molecule has 0 fully saturated rings. The van der Waals surface area contributed by atoms with Gasteiger partial charge in [0.15, 0.2) is 0 Å². The van der Waals surface area contributed by atoms with Crippen molar-refractivity contribution in [3.05, 3.63) is 78.5 Å². The molecule has 2 aromatic carbocycles. The molecule has 1 heterocycles. The summed E-state index contributed by atoms with van der Waals surface area (Å²) in [5, 5.41) is 2.63. The second kappa shape index (κ2) is 8.53. The highest BCUT2D eigenvalue weighted by atomic mass is 32.2. The average Bonchev–Trinajstić information content (AvgIpc) is 2.70. The van der Waals surface area contributed by atoms with E-state index in [1.807, 2.05) is 6.92 Å². The molecule has 0 atom stereocenters. The first-order valence-electron chi connectivity index (χ1n) is 8.56. The van der Waals surface area contributed by atoms with Gasteiger partial charge in [0.1, 0.15) is 11.6 Å². The summed E-state index contributed by atoms with van der Waals surface area (Å²) in [4.78, 5) is 16.4. The number of aromatic nitrogens is 1. The van der Waals surface area contributed by atoms with Gasteiger partial charge in [-0.3, -0.25) is 9.52 Å². The van der Waals surface area contributed by atoms with Crippen LogP contribution in [0.4, 0.5) is 11.5 Å². The maximum Gasteiger partial charge on any atom is 0.261 e. The van der Waals surface area contributed by atoms with E-state index in [9.17, 15) is 13.2 Å². The Hall–Kier alpha value is -3.39. The molecule has 28 heavy (non-hydrogen) atoms. The third-order valence-corrected chi connectivity index (χ3v) is 5.11. The number of pyridine rings is 1. The lowest BCUT2D eigenvalue weighted by molar-refractivity contribution is 0.102. The molecule has 0 radical (unpaired) electrons. The number of ether oxygens (including phenoxy) is 1. The van der Waals surface area contributed by atoms with Crippen LogP contribution < -0.4 is 14.8 Å². The molecule has 144 valence electrons. The van der Waals surface area contributed by atoms with Crippen LogP contribution in [0.15, 0.2) is 77.8 Å². The number of anilines is 2. The standard InChI is InChI=1S/C20H19N3O4S/c1-2-27-17-11-9-16(10-12-17)23-28(25,26)18-7-5-6-15(14-18)20(24)22-19-8-3-4-13-21-19/h3-14,23H,2H2,1H3,(H,21,22,24). The van der Waals surface area contributed by atoms with Gasteiger partial charge in [-0.05, 0) is 61.5 Å². The van der Waals surface area contributed by atoms with Crippen LogP contribution in [0.3, 0.4) is 0 Å². The Morgan fingerprint density at radius 1 is 1.04 bits per heavy atom. The summed E-state index contributed by atoms with van der Waals surface area (Å²) >= 11 is 0. The molecule has 0 unspecified atom stereocenters. The lowest BCUT2D eigenvalue weighted by atomic mass is 10.2. The van der Waals surface area contributed by atoms with Crippen LogP contribution in [-0.2, 0) is 10.0 Å². The highest BCUT2D eigenvalue weighted by molar-refractivity contribution is 7.92. The number of nitrogens with zero attached hydrogens (tertiary/aromatic N) is 1. The summed E-state index contributed by atoms with van der Waals surface area (Å²) in [6.07, 6.45) is 1.55. The number of nitrogens with one attached hydrogen (secondary N) is 2. The number of benzene rings is 2. The second-order valence-corrected chi connectivity index (χ2v) is 7.44. The van der Waals surface area contributed by atoms with Crippen molar-refractivity contribution in [1.29, 1.82) is 0 Å². The van der Waals surface area contributed by atoms with Gasteiger partial charge in [0.05, 0.1) is 11.5 Å². The van der Waals surface area contributed by atoms with Crippen molar-refractivity contribution in [3.8, 4) is 5.75 Å². The van der Waals surface area contributed by atoms with E-state index in [-0.39, 0.29) is 10.5 Å². The first kappa shape index (κ1) is 19.4. The quantitative estimate of drug-likeness (QED) is 0.636. The summed E-state index contributed by atoms with van der Waals surface area (Å²) in [5.74, 6) is 0.587. The van der Waals surface area contributed by atoms with Crippen LogP contribution in [-0.4, -0.2) is 25.9 Å². The maximum atomic E-state index is 12.7. The zero-order valence-corrected chi connectivity index (χ0v) is 15.9. The predicted octanol–water partition coefficient (Wildman–Crippen LogP) is 3.53. The average molecular weight is 397 g/mol. The van der Waals surface area contributed by atoms with Gasteiger partial charge < -0.3 is 10.1 Å². The molecule has 1 aromatic heterocycles. The maximum absolute atomic E-state index is 12.7. The third kappa shape index (κ3) is 4.86. The molecule has 0 saturated heterocycles. The molecule has 7 nitrogen and oxygen atoms in total. The van der Waals surface area contributed by atoms with Gasteiger partial charge in [-0.25, -0.2) is 13.4 Å². The summed E-state index contributed by atoms with van der Waals surface area (Å²) < 4.78 is 33.1. The summed E-state index contributed by atoms with van der Waals surface area (Å²) in [6.45, 7) is 2.39. The molecule has 2 N–H and O–H groups in total. The molecule has 0 saturated carbocycles. The number of sulfonamides is 1. The monoisotopic (exact) mass is 397 g/mol. The highest BCUT2D eigenvalue weighted by Gasteiger charge is 2.17. The van der Waals surface area contributed by atoms with Crippen LogP contribution in [0.1, 0.15) is 17.3 Å². The number of carbonyl (C=O) groups excluding carboxylic acids is 1. The number of amides is 1. The second-order valence-electron chi connectivity index (χ2n) is 5.76.